The number of carbonyl (C=O) groups excluding carboxylic acids is 2. The monoisotopic (exact) mass is 432 g/mol. The van der Waals surface area contributed by atoms with Gasteiger partial charge in [0.2, 0.25) is 11.8 Å². The van der Waals surface area contributed by atoms with Gasteiger partial charge in [0.1, 0.15) is 11.6 Å². The van der Waals surface area contributed by atoms with E-state index in [9.17, 15) is 22.8 Å². The summed E-state index contributed by atoms with van der Waals surface area (Å²) < 4.78 is 40.6. The first-order chi connectivity index (χ1) is 14.3. The minimum absolute atomic E-state index is 0.0579. The molecule has 0 radical (unpaired) electrons. The minimum Gasteiger partial charge on any atom is -0.347 e. The van der Waals surface area contributed by atoms with Crippen LogP contribution in [0, 0.1) is 11.3 Å². The Hall–Kier alpha value is -3.45. The minimum atomic E-state index is -4.48. The van der Waals surface area contributed by atoms with E-state index in [-0.39, 0.29) is 25.1 Å². The second-order valence-corrected chi connectivity index (χ2v) is 7.34. The van der Waals surface area contributed by atoms with Gasteiger partial charge in [-0.25, -0.2) is 4.98 Å². The summed E-state index contributed by atoms with van der Waals surface area (Å²) in [5.74, 6) is -0.911. The molecule has 3 aromatic rings. The Bertz CT molecular complexity index is 1140. The largest absolute Gasteiger partial charge is 0.417 e. The van der Waals surface area contributed by atoms with Crippen molar-refractivity contribution in [3.05, 3.63) is 53.0 Å². The molecule has 0 saturated carbocycles. The van der Waals surface area contributed by atoms with Crippen molar-refractivity contribution in [2.75, 3.05) is 13.1 Å². The van der Waals surface area contributed by atoms with E-state index in [1.165, 1.54) is 23.5 Å². The molecule has 0 spiro atoms. The lowest BCUT2D eigenvalue weighted by molar-refractivity contribution is -0.137. The molecular formula is C20H15F3N4O2S. The average molecular weight is 432 g/mol. The van der Waals surface area contributed by atoms with Crippen LogP contribution in [0.25, 0.3) is 21.3 Å². The molecule has 1 heterocycles. The maximum atomic E-state index is 13.3. The van der Waals surface area contributed by atoms with Gasteiger partial charge in [-0.15, -0.1) is 11.3 Å². The molecule has 0 fully saturated rings. The van der Waals surface area contributed by atoms with Crippen LogP contribution in [0.1, 0.15) is 10.6 Å². The summed E-state index contributed by atoms with van der Waals surface area (Å²) in [7, 11) is 0. The molecule has 0 aliphatic carbocycles. The summed E-state index contributed by atoms with van der Waals surface area (Å²) in [5.41, 5.74) is 0.200. The number of nitriles is 1. The predicted octanol–water partition coefficient (Wildman–Crippen LogP) is 3.28. The van der Waals surface area contributed by atoms with E-state index in [1.807, 2.05) is 0 Å². The second kappa shape index (κ2) is 8.92. The molecule has 2 N–H and O–H groups in total. The molecule has 6 nitrogen and oxygen atoms in total. The van der Waals surface area contributed by atoms with Crippen molar-refractivity contribution < 1.29 is 22.8 Å². The number of benzene rings is 2. The molecule has 3 rings (SSSR count). The number of alkyl halides is 3. The predicted molar refractivity (Wildman–Crippen MR) is 105 cm³/mol. The van der Waals surface area contributed by atoms with Gasteiger partial charge in [0, 0.05) is 0 Å². The van der Waals surface area contributed by atoms with Crippen LogP contribution in [0.15, 0.2) is 42.5 Å². The van der Waals surface area contributed by atoms with E-state index in [2.05, 4.69) is 15.6 Å². The van der Waals surface area contributed by atoms with Crippen molar-refractivity contribution in [2.45, 2.75) is 12.6 Å². The highest BCUT2D eigenvalue weighted by molar-refractivity contribution is 7.18. The van der Waals surface area contributed by atoms with E-state index in [1.54, 1.807) is 30.3 Å². The molecule has 0 saturated heterocycles. The number of fused-ring (bicyclic) bond motifs is 1. The lowest BCUT2D eigenvalue weighted by atomic mass is 9.99. The maximum Gasteiger partial charge on any atom is 0.417 e. The van der Waals surface area contributed by atoms with Crippen molar-refractivity contribution >= 4 is 33.4 Å². The first-order valence-corrected chi connectivity index (χ1v) is 9.56. The number of aromatic nitrogens is 1. The van der Waals surface area contributed by atoms with Gasteiger partial charge < -0.3 is 10.6 Å². The number of nitrogens with zero attached hydrogens (tertiary/aromatic N) is 2. The Kier molecular flexibility index (Phi) is 6.32. The topological polar surface area (TPSA) is 94.9 Å². The molecule has 0 aliphatic rings. The van der Waals surface area contributed by atoms with Gasteiger partial charge in [-0.2, -0.15) is 18.4 Å². The third-order valence-electron chi connectivity index (χ3n) is 4.10. The van der Waals surface area contributed by atoms with Crippen LogP contribution in [0.4, 0.5) is 13.2 Å². The average Bonchev–Trinajstić information content (AvgIpc) is 3.11. The van der Waals surface area contributed by atoms with Crippen LogP contribution in [0.3, 0.4) is 0 Å². The van der Waals surface area contributed by atoms with E-state index in [4.69, 9.17) is 5.26 Å². The molecule has 30 heavy (non-hydrogen) atoms. The van der Waals surface area contributed by atoms with Gasteiger partial charge in [0.25, 0.3) is 0 Å². The number of halogens is 3. The van der Waals surface area contributed by atoms with Crippen molar-refractivity contribution in [1.82, 2.24) is 15.6 Å². The molecule has 0 aliphatic heterocycles. The van der Waals surface area contributed by atoms with E-state index in [0.717, 1.165) is 10.8 Å². The molecular weight excluding hydrogens is 417 g/mol. The molecule has 0 bridgehead atoms. The summed E-state index contributed by atoms with van der Waals surface area (Å²) in [6.45, 7) is -0.407. The summed E-state index contributed by atoms with van der Waals surface area (Å²) >= 11 is 1.25. The molecule has 2 aromatic carbocycles. The third-order valence-corrected chi connectivity index (χ3v) is 5.13. The van der Waals surface area contributed by atoms with Gasteiger partial charge in [0.05, 0.1) is 34.8 Å². The Morgan fingerprint density at radius 2 is 1.87 bits per heavy atom. The molecule has 10 heteroatoms. The van der Waals surface area contributed by atoms with Crippen LogP contribution in [0.5, 0.6) is 0 Å². The normalized spacial score (nSPS) is 11.1. The third kappa shape index (κ3) is 5.12. The van der Waals surface area contributed by atoms with Gasteiger partial charge in [0.15, 0.2) is 0 Å². The number of thiazole rings is 1. The summed E-state index contributed by atoms with van der Waals surface area (Å²) in [5, 5.41) is 13.6. The van der Waals surface area contributed by atoms with Crippen LogP contribution >= 0.6 is 11.3 Å². The first kappa shape index (κ1) is 21.3. The lowest BCUT2D eigenvalue weighted by Crippen LogP contribution is -2.37. The van der Waals surface area contributed by atoms with Crippen molar-refractivity contribution in [2.24, 2.45) is 0 Å². The van der Waals surface area contributed by atoms with Crippen molar-refractivity contribution in [1.29, 1.82) is 5.26 Å². The fourth-order valence-electron chi connectivity index (χ4n) is 2.78. The SMILES string of the molecule is N#CCNC(=O)CNC(=O)Cc1nc2cc(-c3ccccc3C(F)(F)F)ccc2s1. The first-order valence-electron chi connectivity index (χ1n) is 8.74. The van der Waals surface area contributed by atoms with Gasteiger partial charge in [-0.3, -0.25) is 9.59 Å². The lowest BCUT2D eigenvalue weighted by Gasteiger charge is -2.12. The Labute approximate surface area is 173 Å². The Morgan fingerprint density at radius 1 is 1.10 bits per heavy atom. The smallest absolute Gasteiger partial charge is 0.347 e. The Morgan fingerprint density at radius 3 is 2.60 bits per heavy atom. The van der Waals surface area contributed by atoms with E-state index >= 15 is 0 Å². The van der Waals surface area contributed by atoms with Crippen molar-refractivity contribution in [3.8, 4) is 17.2 Å². The highest BCUT2D eigenvalue weighted by Crippen LogP contribution is 2.38. The van der Waals surface area contributed by atoms with Crippen LogP contribution in [-0.2, 0) is 22.2 Å². The number of rotatable bonds is 6. The van der Waals surface area contributed by atoms with Crippen LogP contribution in [0.2, 0.25) is 0 Å². The highest BCUT2D eigenvalue weighted by Gasteiger charge is 2.33. The molecule has 0 unspecified atom stereocenters. The van der Waals surface area contributed by atoms with Crippen LogP contribution < -0.4 is 10.6 Å². The summed E-state index contributed by atoms with van der Waals surface area (Å²) in [6.07, 6.45) is -4.55. The summed E-state index contributed by atoms with van der Waals surface area (Å²) in [6, 6.07) is 11.9. The summed E-state index contributed by atoms with van der Waals surface area (Å²) in [4.78, 5) is 27.7. The highest BCUT2D eigenvalue weighted by atomic mass is 32.1. The standard InChI is InChI=1S/C20H15F3N4O2S/c21-20(22,23)14-4-2-1-3-13(14)12-5-6-16-15(9-12)27-19(30-16)10-17(28)26-11-18(29)25-8-7-24/h1-6,9H,8,10-11H2,(H,25,29)(H,26,28). The quantitative estimate of drug-likeness (QED) is 0.585. The molecule has 154 valence electrons. The number of carbonyl (C=O) groups is 2. The van der Waals surface area contributed by atoms with Crippen LogP contribution in [-0.4, -0.2) is 29.9 Å². The maximum absolute atomic E-state index is 13.3. The molecule has 2 amide bonds. The molecule has 1 aromatic heterocycles. The Balaban J connectivity index is 1.75. The zero-order valence-electron chi connectivity index (χ0n) is 15.4. The number of hydrogen-bond acceptors (Lipinski definition) is 5. The van der Waals surface area contributed by atoms with Crippen molar-refractivity contribution in [3.63, 3.8) is 0 Å². The fourth-order valence-corrected chi connectivity index (χ4v) is 3.73. The number of amides is 2. The fraction of sp³-hybridized carbons (Fsp3) is 0.200. The molecule has 0 atom stereocenters. The second-order valence-electron chi connectivity index (χ2n) is 6.22. The van der Waals surface area contributed by atoms with Gasteiger partial charge in [-0.05, 0) is 29.3 Å². The number of nitrogens with one attached hydrogen (secondary N) is 2. The van der Waals surface area contributed by atoms with Gasteiger partial charge in [-0.1, -0.05) is 24.3 Å². The van der Waals surface area contributed by atoms with E-state index in [0.29, 0.717) is 16.1 Å². The van der Waals surface area contributed by atoms with E-state index < -0.39 is 23.6 Å². The zero-order valence-corrected chi connectivity index (χ0v) is 16.2. The number of hydrogen-bond donors (Lipinski definition) is 2. The zero-order chi connectivity index (χ0) is 21.7. The van der Waals surface area contributed by atoms with Gasteiger partial charge >= 0.3 is 6.18 Å².